The number of aliphatic hydroxyl groups is 5. The Morgan fingerprint density at radius 3 is 2.48 bits per heavy atom. The second kappa shape index (κ2) is 16.2. The summed E-state index contributed by atoms with van der Waals surface area (Å²) >= 11 is 1.84. The van der Waals surface area contributed by atoms with Crippen molar-refractivity contribution in [3.05, 3.63) is 0 Å². The van der Waals surface area contributed by atoms with Gasteiger partial charge in [-0.25, -0.2) is 4.79 Å². The summed E-state index contributed by atoms with van der Waals surface area (Å²) in [5.41, 5.74) is 0. The van der Waals surface area contributed by atoms with E-state index in [9.17, 15) is 39.9 Å². The molecule has 44 heavy (non-hydrogen) atoms. The number of thioether (sulfide) groups is 1. The Morgan fingerprint density at radius 1 is 0.955 bits per heavy atom. The standard InChI is InChI=1S/C27H46N4O12S/c1-12-20(34)23(37)24(38)26(42-12)41-10-15-21(35)22(36)19(29-13(2)32)25(43-15)40-9-5-8-28-17(33)7-4-3-6-16-18-14(11-44-16)30-27(39)31-18/h12,14-16,18-26,34-38H,3-11H2,1-2H3,(H,28,33)(H,29,32)(H2,30,31,39)/t12?,14-,15?,16-,18-,19?,20?,21?,22?,23?,24?,25?,26?/m0/s1. The minimum absolute atomic E-state index is 0.0855. The quantitative estimate of drug-likeness (QED) is 0.0675. The van der Waals surface area contributed by atoms with E-state index in [1.165, 1.54) is 13.8 Å². The number of carbonyl (C=O) groups excluding carboxylic acids is 3. The lowest BCUT2D eigenvalue weighted by Crippen LogP contribution is -2.65. The molecule has 4 rings (SSSR count). The number of nitrogens with one attached hydrogen (secondary N) is 4. The Labute approximate surface area is 259 Å². The topological polar surface area (TPSA) is 237 Å². The summed E-state index contributed by atoms with van der Waals surface area (Å²) in [7, 11) is 0. The van der Waals surface area contributed by atoms with Gasteiger partial charge in [-0.3, -0.25) is 9.59 Å². The van der Waals surface area contributed by atoms with Crippen LogP contribution in [0.25, 0.3) is 0 Å². The second-order valence-corrected chi connectivity index (χ2v) is 13.0. The van der Waals surface area contributed by atoms with Crippen LogP contribution in [-0.2, 0) is 28.5 Å². The van der Waals surface area contributed by atoms with E-state index >= 15 is 0 Å². The molecule has 0 saturated carbocycles. The van der Waals surface area contributed by atoms with Crippen LogP contribution >= 0.6 is 11.8 Å². The highest BCUT2D eigenvalue weighted by molar-refractivity contribution is 8.00. The van der Waals surface area contributed by atoms with Crippen molar-refractivity contribution >= 4 is 29.6 Å². The Kier molecular flexibility index (Phi) is 12.9. The van der Waals surface area contributed by atoms with Gasteiger partial charge in [0.15, 0.2) is 12.6 Å². The molecule has 0 aromatic carbocycles. The first-order valence-corrected chi connectivity index (χ1v) is 16.2. The maximum absolute atomic E-state index is 12.3. The molecule has 9 N–H and O–H groups in total. The molecule has 16 nitrogen and oxygen atoms in total. The SMILES string of the molecule is CC(=O)NC1C(OCCCNC(=O)CCCC[C@@H]2SC[C@@H]3NC(=O)N[C@@H]32)OC(COC2OC(C)C(O)C(O)C2O)C(O)C1O. The number of fused-ring (bicyclic) bond motifs is 1. The van der Waals surface area contributed by atoms with Crippen LogP contribution in [0, 0.1) is 0 Å². The molecular weight excluding hydrogens is 604 g/mol. The molecule has 0 aromatic heterocycles. The molecule has 17 heteroatoms. The van der Waals surface area contributed by atoms with Crippen LogP contribution < -0.4 is 21.3 Å². The average molecular weight is 651 g/mol. The van der Waals surface area contributed by atoms with Gasteiger partial charge in [-0.05, 0) is 26.2 Å². The second-order valence-electron chi connectivity index (χ2n) is 11.7. The average Bonchev–Trinajstić information content (AvgIpc) is 3.53. The van der Waals surface area contributed by atoms with Gasteiger partial charge in [0.1, 0.15) is 42.7 Å². The van der Waals surface area contributed by atoms with Gasteiger partial charge in [-0.15, -0.1) is 0 Å². The van der Waals surface area contributed by atoms with E-state index in [1.54, 1.807) is 0 Å². The van der Waals surface area contributed by atoms with Crippen molar-refractivity contribution < 1.29 is 58.9 Å². The van der Waals surface area contributed by atoms with Crippen LogP contribution in [-0.4, -0.2) is 148 Å². The predicted molar refractivity (Wildman–Crippen MR) is 154 cm³/mol. The maximum Gasteiger partial charge on any atom is 0.315 e. The molecule has 4 saturated heterocycles. The zero-order valence-corrected chi connectivity index (χ0v) is 25.7. The number of carbonyl (C=O) groups is 3. The molecule has 0 aliphatic carbocycles. The number of ether oxygens (including phenoxy) is 4. The highest BCUT2D eigenvalue weighted by Crippen LogP contribution is 2.33. The number of urea groups is 1. The molecule has 4 aliphatic rings. The molecule has 13 atom stereocenters. The van der Waals surface area contributed by atoms with Crippen molar-refractivity contribution in [3.63, 3.8) is 0 Å². The van der Waals surface area contributed by atoms with Crippen molar-refractivity contribution in [3.8, 4) is 0 Å². The van der Waals surface area contributed by atoms with Crippen molar-refractivity contribution in [2.75, 3.05) is 25.5 Å². The van der Waals surface area contributed by atoms with Crippen LogP contribution in [0.2, 0.25) is 0 Å². The van der Waals surface area contributed by atoms with Crippen molar-refractivity contribution in [2.24, 2.45) is 0 Å². The molecule has 4 aliphatic heterocycles. The third-order valence-electron chi connectivity index (χ3n) is 8.31. The summed E-state index contributed by atoms with van der Waals surface area (Å²) < 4.78 is 22.5. The lowest BCUT2D eigenvalue weighted by atomic mass is 9.96. The third-order valence-corrected chi connectivity index (χ3v) is 9.82. The first-order valence-electron chi connectivity index (χ1n) is 15.1. The molecule has 0 bridgehead atoms. The van der Waals surface area contributed by atoms with Crippen molar-refractivity contribution in [2.45, 2.75) is 125 Å². The lowest BCUT2D eigenvalue weighted by Gasteiger charge is -2.44. The fourth-order valence-corrected chi connectivity index (χ4v) is 7.35. The van der Waals surface area contributed by atoms with E-state index in [2.05, 4.69) is 21.3 Å². The largest absolute Gasteiger partial charge is 0.388 e. The summed E-state index contributed by atoms with van der Waals surface area (Å²) in [5, 5.41) is 63.0. The summed E-state index contributed by atoms with van der Waals surface area (Å²) in [6, 6.07) is -0.869. The first-order chi connectivity index (χ1) is 21.0. The Hall–Kier alpha value is -1.80. The minimum atomic E-state index is -1.56. The predicted octanol–water partition coefficient (Wildman–Crippen LogP) is -2.97. The van der Waals surface area contributed by atoms with E-state index in [0.29, 0.717) is 24.6 Å². The highest BCUT2D eigenvalue weighted by atomic mass is 32.2. The van der Waals surface area contributed by atoms with Gasteiger partial charge in [0.25, 0.3) is 0 Å². The van der Waals surface area contributed by atoms with Crippen LogP contribution in [0.5, 0.6) is 0 Å². The zero-order chi connectivity index (χ0) is 32.0. The van der Waals surface area contributed by atoms with Gasteiger partial charge < -0.3 is 65.7 Å². The van der Waals surface area contributed by atoms with E-state index < -0.39 is 67.3 Å². The number of aliphatic hydroxyl groups excluding tert-OH is 5. The van der Waals surface area contributed by atoms with Gasteiger partial charge in [-0.2, -0.15) is 11.8 Å². The summed E-state index contributed by atoms with van der Waals surface area (Å²) in [6.07, 6.45) is -8.50. The molecule has 4 heterocycles. The molecule has 0 aromatic rings. The van der Waals surface area contributed by atoms with Crippen LogP contribution in [0.3, 0.4) is 0 Å². The van der Waals surface area contributed by atoms with Crippen LogP contribution in [0.4, 0.5) is 4.79 Å². The van der Waals surface area contributed by atoms with Gasteiger partial charge in [-0.1, -0.05) is 6.42 Å². The summed E-state index contributed by atoms with van der Waals surface area (Å²) in [4.78, 5) is 35.5. The third kappa shape index (κ3) is 8.92. The molecule has 0 spiro atoms. The lowest BCUT2D eigenvalue weighted by molar-refractivity contribution is -0.316. The van der Waals surface area contributed by atoms with Gasteiger partial charge in [0, 0.05) is 30.9 Å². The van der Waals surface area contributed by atoms with Crippen molar-refractivity contribution in [1.29, 1.82) is 0 Å². The number of unbranched alkanes of at least 4 members (excludes halogenated alkanes) is 1. The van der Waals surface area contributed by atoms with Gasteiger partial charge >= 0.3 is 6.03 Å². The number of hydrogen-bond donors (Lipinski definition) is 9. The van der Waals surface area contributed by atoms with Gasteiger partial charge in [0.2, 0.25) is 11.8 Å². The van der Waals surface area contributed by atoms with Gasteiger partial charge in [0.05, 0.1) is 31.4 Å². The Bertz CT molecular complexity index is 983. The van der Waals surface area contributed by atoms with Crippen LogP contribution in [0.15, 0.2) is 0 Å². The van der Waals surface area contributed by atoms with Crippen LogP contribution in [0.1, 0.15) is 46.0 Å². The number of rotatable bonds is 14. The first kappa shape index (κ1) is 35.1. The molecule has 0 radical (unpaired) electrons. The molecule has 252 valence electrons. The Morgan fingerprint density at radius 2 is 1.73 bits per heavy atom. The molecule has 4 amide bonds. The zero-order valence-electron chi connectivity index (χ0n) is 24.9. The van der Waals surface area contributed by atoms with Crippen molar-refractivity contribution in [1.82, 2.24) is 21.3 Å². The van der Waals surface area contributed by atoms with E-state index in [-0.39, 0.29) is 37.2 Å². The summed E-state index contributed by atoms with van der Waals surface area (Å²) in [5.74, 6) is 0.340. The minimum Gasteiger partial charge on any atom is -0.388 e. The summed E-state index contributed by atoms with van der Waals surface area (Å²) in [6.45, 7) is 2.81. The fraction of sp³-hybridized carbons (Fsp3) is 0.889. The monoisotopic (exact) mass is 650 g/mol. The number of hydrogen-bond acceptors (Lipinski definition) is 13. The smallest absolute Gasteiger partial charge is 0.315 e. The number of amides is 4. The molecule has 4 fully saturated rings. The normalized spacial score (nSPS) is 40.2. The molecular formula is C27H46N4O12S. The van der Waals surface area contributed by atoms with E-state index in [1.807, 2.05) is 11.8 Å². The van der Waals surface area contributed by atoms with E-state index in [0.717, 1.165) is 25.0 Å². The maximum atomic E-state index is 12.3. The fourth-order valence-electron chi connectivity index (χ4n) is 5.80. The van der Waals surface area contributed by atoms with E-state index in [4.69, 9.17) is 18.9 Å². The Balaban J connectivity index is 1.16. The molecule has 10 unspecified atom stereocenters. The highest BCUT2D eigenvalue weighted by Gasteiger charge is 2.48.